The third-order valence-electron chi connectivity index (χ3n) is 3.84. The molecule has 142 valence electrons. The van der Waals surface area contributed by atoms with E-state index in [2.05, 4.69) is 15.8 Å². The molecule has 27 heavy (non-hydrogen) atoms. The van der Waals surface area contributed by atoms with Crippen LogP contribution in [0.15, 0.2) is 41.5 Å². The summed E-state index contributed by atoms with van der Waals surface area (Å²) in [6.45, 7) is 3.39. The summed E-state index contributed by atoms with van der Waals surface area (Å²) in [5, 5.41) is 26.2. The normalized spacial score (nSPS) is 11.1. The molecular formula is C19H20ClN3O4. The predicted octanol–water partition coefficient (Wildman–Crippen LogP) is 3.32. The molecule has 0 fully saturated rings. The third kappa shape index (κ3) is 5.72. The standard InChI is InChI=1S/C19H20ClN3O4/c1-11-15(20)4-3-5-16(11)21-18(26)8-9-19(27)23-22-12(2)14-7-6-13(24)10-17(14)25/h3-7,10,24-25H,8-9H2,1-2H3,(H,21,26)(H,23,27)/b22-12+. The molecule has 2 aromatic carbocycles. The van der Waals surface area contributed by atoms with Gasteiger partial charge >= 0.3 is 0 Å². The lowest BCUT2D eigenvalue weighted by molar-refractivity contribution is -0.124. The highest BCUT2D eigenvalue weighted by atomic mass is 35.5. The molecule has 2 amide bonds. The van der Waals surface area contributed by atoms with Crippen LogP contribution in [0.1, 0.15) is 30.9 Å². The molecular weight excluding hydrogens is 370 g/mol. The van der Waals surface area contributed by atoms with Crippen LogP contribution in [0.3, 0.4) is 0 Å². The Morgan fingerprint density at radius 1 is 1.11 bits per heavy atom. The number of nitrogens with zero attached hydrogens (tertiary/aromatic N) is 1. The first-order chi connectivity index (χ1) is 12.8. The number of hydrogen-bond donors (Lipinski definition) is 4. The fourth-order valence-corrected chi connectivity index (χ4v) is 2.45. The summed E-state index contributed by atoms with van der Waals surface area (Å²) in [5.74, 6) is -0.978. The molecule has 7 nitrogen and oxygen atoms in total. The maximum atomic E-state index is 12.0. The number of carbonyl (C=O) groups is 2. The van der Waals surface area contributed by atoms with Crippen molar-refractivity contribution in [1.82, 2.24) is 5.43 Å². The molecule has 0 aliphatic carbocycles. The van der Waals surface area contributed by atoms with Gasteiger partial charge in [-0.1, -0.05) is 17.7 Å². The van der Waals surface area contributed by atoms with Crippen molar-refractivity contribution in [1.29, 1.82) is 0 Å². The Hall–Kier alpha value is -3.06. The van der Waals surface area contributed by atoms with E-state index in [0.29, 0.717) is 22.0 Å². The van der Waals surface area contributed by atoms with Gasteiger partial charge in [-0.05, 0) is 43.7 Å². The highest BCUT2D eigenvalue weighted by molar-refractivity contribution is 6.31. The van der Waals surface area contributed by atoms with Gasteiger partial charge in [0.1, 0.15) is 11.5 Å². The van der Waals surface area contributed by atoms with Crippen molar-refractivity contribution in [2.75, 3.05) is 5.32 Å². The van der Waals surface area contributed by atoms with Crippen molar-refractivity contribution in [3.05, 3.63) is 52.5 Å². The maximum Gasteiger partial charge on any atom is 0.240 e. The summed E-state index contributed by atoms with van der Waals surface area (Å²) in [6, 6.07) is 9.25. The van der Waals surface area contributed by atoms with Gasteiger partial charge in [0.05, 0.1) is 5.71 Å². The quantitative estimate of drug-likeness (QED) is 0.448. The average Bonchev–Trinajstić information content (AvgIpc) is 2.62. The lowest BCUT2D eigenvalue weighted by Gasteiger charge is -2.09. The van der Waals surface area contributed by atoms with Crippen LogP contribution in [0, 0.1) is 6.92 Å². The molecule has 0 radical (unpaired) electrons. The first-order valence-electron chi connectivity index (χ1n) is 8.18. The third-order valence-corrected chi connectivity index (χ3v) is 4.25. The van der Waals surface area contributed by atoms with Gasteiger partial charge < -0.3 is 15.5 Å². The number of phenolic OH excluding ortho intramolecular Hbond substituents is 2. The van der Waals surface area contributed by atoms with Crippen molar-refractivity contribution >= 4 is 34.8 Å². The Labute approximate surface area is 161 Å². The minimum absolute atomic E-state index is 0.0170. The molecule has 2 aromatic rings. The van der Waals surface area contributed by atoms with E-state index in [1.165, 1.54) is 18.2 Å². The number of carbonyl (C=O) groups excluding carboxylic acids is 2. The topological polar surface area (TPSA) is 111 Å². The van der Waals surface area contributed by atoms with Crippen LogP contribution < -0.4 is 10.7 Å². The number of anilines is 1. The molecule has 2 rings (SSSR count). The smallest absolute Gasteiger partial charge is 0.240 e. The number of rotatable bonds is 6. The zero-order valence-corrected chi connectivity index (χ0v) is 15.7. The first-order valence-corrected chi connectivity index (χ1v) is 8.56. The van der Waals surface area contributed by atoms with Gasteiger partial charge in [0.2, 0.25) is 11.8 Å². The molecule has 0 aliphatic rings. The lowest BCUT2D eigenvalue weighted by atomic mass is 10.1. The van der Waals surface area contributed by atoms with Gasteiger partial charge in [0.15, 0.2) is 0 Å². The Balaban J connectivity index is 1.86. The number of benzene rings is 2. The van der Waals surface area contributed by atoms with Gasteiger partial charge in [-0.2, -0.15) is 5.10 Å². The summed E-state index contributed by atoms with van der Waals surface area (Å²) >= 11 is 6.00. The number of hydrogen-bond acceptors (Lipinski definition) is 5. The number of phenols is 2. The van der Waals surface area contributed by atoms with Crippen LogP contribution in [0.25, 0.3) is 0 Å². The van der Waals surface area contributed by atoms with Gasteiger partial charge in [-0.25, -0.2) is 5.43 Å². The number of hydrazone groups is 1. The van der Waals surface area contributed by atoms with E-state index >= 15 is 0 Å². The van der Waals surface area contributed by atoms with E-state index < -0.39 is 5.91 Å². The molecule has 0 saturated carbocycles. The first kappa shape index (κ1) is 20.3. The molecule has 0 aromatic heterocycles. The van der Waals surface area contributed by atoms with Crippen LogP contribution in [0.5, 0.6) is 11.5 Å². The Morgan fingerprint density at radius 2 is 1.81 bits per heavy atom. The summed E-state index contributed by atoms with van der Waals surface area (Å²) < 4.78 is 0. The Morgan fingerprint density at radius 3 is 2.52 bits per heavy atom. The fraction of sp³-hybridized carbons (Fsp3) is 0.211. The second kappa shape index (κ2) is 9.05. The van der Waals surface area contributed by atoms with E-state index in [1.807, 2.05) is 0 Å². The van der Waals surface area contributed by atoms with Crippen LogP contribution >= 0.6 is 11.6 Å². The van der Waals surface area contributed by atoms with Gasteiger partial charge in [-0.15, -0.1) is 0 Å². The van der Waals surface area contributed by atoms with E-state index in [1.54, 1.807) is 32.0 Å². The zero-order valence-electron chi connectivity index (χ0n) is 14.9. The van der Waals surface area contributed by atoms with E-state index in [0.717, 1.165) is 5.56 Å². The molecule has 0 unspecified atom stereocenters. The lowest BCUT2D eigenvalue weighted by Crippen LogP contribution is -2.22. The van der Waals surface area contributed by atoms with Crippen molar-refractivity contribution in [3.63, 3.8) is 0 Å². The number of aromatic hydroxyl groups is 2. The number of amides is 2. The summed E-state index contributed by atoms with van der Waals surface area (Å²) in [5.41, 5.74) is 4.43. The molecule has 0 atom stereocenters. The van der Waals surface area contributed by atoms with E-state index in [9.17, 15) is 19.8 Å². The largest absolute Gasteiger partial charge is 0.508 e. The minimum Gasteiger partial charge on any atom is -0.508 e. The fourth-order valence-electron chi connectivity index (χ4n) is 2.27. The second-order valence-corrected chi connectivity index (χ2v) is 6.30. The molecule has 0 bridgehead atoms. The molecule has 0 saturated heterocycles. The van der Waals surface area contributed by atoms with Crippen molar-refractivity contribution in [3.8, 4) is 11.5 Å². The highest BCUT2D eigenvalue weighted by Crippen LogP contribution is 2.24. The predicted molar refractivity (Wildman–Crippen MR) is 104 cm³/mol. The van der Waals surface area contributed by atoms with Crippen molar-refractivity contribution < 1.29 is 19.8 Å². The molecule has 8 heteroatoms. The Bertz CT molecular complexity index is 897. The summed E-state index contributed by atoms with van der Waals surface area (Å²) in [7, 11) is 0. The molecule has 0 aliphatic heterocycles. The van der Waals surface area contributed by atoms with Gasteiger partial charge in [0, 0.05) is 35.2 Å². The molecule has 4 N–H and O–H groups in total. The monoisotopic (exact) mass is 389 g/mol. The van der Waals surface area contributed by atoms with Gasteiger partial charge in [0.25, 0.3) is 0 Å². The van der Waals surface area contributed by atoms with Crippen LogP contribution in [-0.2, 0) is 9.59 Å². The minimum atomic E-state index is -0.439. The maximum absolute atomic E-state index is 12.0. The van der Waals surface area contributed by atoms with Crippen molar-refractivity contribution in [2.45, 2.75) is 26.7 Å². The summed E-state index contributed by atoms with van der Waals surface area (Å²) in [6.07, 6.45) is -0.0688. The van der Waals surface area contributed by atoms with E-state index in [4.69, 9.17) is 11.6 Å². The molecule has 0 heterocycles. The summed E-state index contributed by atoms with van der Waals surface area (Å²) in [4.78, 5) is 23.9. The van der Waals surface area contributed by atoms with Crippen molar-refractivity contribution in [2.24, 2.45) is 5.10 Å². The van der Waals surface area contributed by atoms with Crippen LogP contribution in [0.4, 0.5) is 5.69 Å². The Kier molecular flexibility index (Phi) is 6.79. The zero-order chi connectivity index (χ0) is 20.0. The second-order valence-electron chi connectivity index (χ2n) is 5.89. The average molecular weight is 390 g/mol. The highest BCUT2D eigenvalue weighted by Gasteiger charge is 2.10. The van der Waals surface area contributed by atoms with Crippen LogP contribution in [0.2, 0.25) is 5.02 Å². The molecule has 0 spiro atoms. The van der Waals surface area contributed by atoms with Gasteiger partial charge in [-0.3, -0.25) is 9.59 Å². The van der Waals surface area contributed by atoms with E-state index in [-0.39, 0.29) is 30.2 Å². The SMILES string of the molecule is C/C(=N\NC(=O)CCC(=O)Nc1cccc(Cl)c1C)c1ccc(O)cc1O. The number of halogens is 1. The number of nitrogens with one attached hydrogen (secondary N) is 2. The van der Waals surface area contributed by atoms with Crippen LogP contribution in [-0.4, -0.2) is 27.7 Å².